The minimum absolute atomic E-state index is 0.00826. The number of rotatable bonds is 9. The van der Waals surface area contributed by atoms with Gasteiger partial charge in [0.2, 0.25) is 5.75 Å². The summed E-state index contributed by atoms with van der Waals surface area (Å²) in [7, 11) is 1.29. The Morgan fingerprint density at radius 2 is 1.78 bits per heavy atom. The first-order chi connectivity index (χ1) is 22.0. The number of hydrogen-bond acceptors (Lipinski definition) is 12. The highest BCUT2D eigenvalue weighted by molar-refractivity contribution is 6.29. The van der Waals surface area contributed by atoms with Gasteiger partial charge in [0.1, 0.15) is 23.8 Å². The molecule has 3 aromatic rings. The van der Waals surface area contributed by atoms with Crippen molar-refractivity contribution in [2.45, 2.75) is 45.4 Å². The molecular weight excluding hydrogens is 622 g/mol. The van der Waals surface area contributed by atoms with E-state index in [1.807, 2.05) is 6.07 Å². The van der Waals surface area contributed by atoms with E-state index in [1.54, 1.807) is 38.1 Å². The van der Waals surface area contributed by atoms with Crippen LogP contribution >= 0.6 is 11.6 Å². The van der Waals surface area contributed by atoms with E-state index in [9.17, 15) is 24.0 Å². The smallest absolute Gasteiger partial charge is 0.345 e. The van der Waals surface area contributed by atoms with E-state index in [1.165, 1.54) is 44.6 Å². The van der Waals surface area contributed by atoms with Crippen LogP contribution in [0, 0.1) is 11.8 Å². The molecule has 3 heterocycles. The highest BCUT2D eigenvalue weighted by Crippen LogP contribution is 2.31. The van der Waals surface area contributed by atoms with Gasteiger partial charge in [-0.25, -0.2) is 19.6 Å². The molecule has 13 nitrogen and oxygen atoms in total. The van der Waals surface area contributed by atoms with Crippen LogP contribution < -0.4 is 14.8 Å². The van der Waals surface area contributed by atoms with Gasteiger partial charge in [0.05, 0.1) is 18.6 Å². The van der Waals surface area contributed by atoms with Crippen LogP contribution in [0.1, 0.15) is 47.2 Å². The lowest BCUT2D eigenvalue weighted by molar-refractivity contribution is -0.176. The van der Waals surface area contributed by atoms with Crippen molar-refractivity contribution in [3.63, 3.8) is 0 Å². The van der Waals surface area contributed by atoms with Crippen molar-refractivity contribution in [2.24, 2.45) is 11.8 Å². The van der Waals surface area contributed by atoms with Crippen LogP contribution in [0.25, 0.3) is 0 Å². The molecule has 4 rings (SSSR count). The van der Waals surface area contributed by atoms with Crippen LogP contribution in [-0.2, 0) is 35.0 Å². The molecular formula is C32H32ClN3O10. The number of carbonyl (C=O) groups excluding carboxylic acids is 5. The third kappa shape index (κ3) is 8.36. The number of halogens is 1. The molecule has 0 aliphatic carbocycles. The first kappa shape index (κ1) is 33.8. The number of methoxy groups -OCH3 is 1. The monoisotopic (exact) mass is 653 g/mol. The molecule has 1 N–H and O–H groups in total. The molecule has 14 heteroatoms. The largest absolute Gasteiger partial charge is 0.493 e. The fourth-order valence-corrected chi connectivity index (χ4v) is 4.59. The minimum Gasteiger partial charge on any atom is -0.493 e. The van der Waals surface area contributed by atoms with E-state index in [-0.39, 0.29) is 28.6 Å². The summed E-state index contributed by atoms with van der Waals surface area (Å²) in [5, 5.41) is 2.59. The molecule has 242 valence electrons. The van der Waals surface area contributed by atoms with Crippen molar-refractivity contribution in [1.82, 2.24) is 15.3 Å². The summed E-state index contributed by atoms with van der Waals surface area (Å²) in [4.78, 5) is 73.6. The first-order valence-corrected chi connectivity index (χ1v) is 14.6. The van der Waals surface area contributed by atoms with Crippen LogP contribution in [-0.4, -0.2) is 71.7 Å². The summed E-state index contributed by atoms with van der Waals surface area (Å²) in [5.41, 5.74) is 0.380. The Labute approximate surface area is 269 Å². The fraction of sp³-hybridized carbons (Fsp3) is 0.344. The molecule has 0 spiro atoms. The van der Waals surface area contributed by atoms with E-state index >= 15 is 0 Å². The first-order valence-electron chi connectivity index (χ1n) is 14.3. The number of hydrogen-bond donors (Lipinski definition) is 1. The Kier molecular flexibility index (Phi) is 11.3. The second kappa shape index (κ2) is 15.3. The Morgan fingerprint density at radius 3 is 2.43 bits per heavy atom. The molecule has 4 atom stereocenters. The average molecular weight is 654 g/mol. The SMILES string of the molecule is COc1ccnc(C(=O)NC2COC(=O)C(Cc3ccccc3)C(OC(=O)C(C)C)C(C)OC2=O)c1OC(=O)c1ccc(Cl)nc1. The van der Waals surface area contributed by atoms with Crippen molar-refractivity contribution >= 4 is 41.4 Å². The number of aromatic nitrogens is 2. The Morgan fingerprint density at radius 1 is 1.04 bits per heavy atom. The highest BCUT2D eigenvalue weighted by Gasteiger charge is 2.42. The maximum absolute atomic E-state index is 13.5. The predicted molar refractivity (Wildman–Crippen MR) is 161 cm³/mol. The summed E-state index contributed by atoms with van der Waals surface area (Å²) in [5.74, 6) is -6.08. The van der Waals surface area contributed by atoms with Crippen molar-refractivity contribution < 1.29 is 47.7 Å². The van der Waals surface area contributed by atoms with Crippen LogP contribution in [0.2, 0.25) is 5.15 Å². The lowest BCUT2D eigenvalue weighted by Gasteiger charge is -2.29. The summed E-state index contributed by atoms with van der Waals surface area (Å²) >= 11 is 5.80. The zero-order chi connectivity index (χ0) is 33.4. The van der Waals surface area contributed by atoms with Crippen molar-refractivity contribution in [1.29, 1.82) is 0 Å². The number of ether oxygens (including phenoxy) is 5. The molecule has 0 bridgehead atoms. The van der Waals surface area contributed by atoms with Crippen LogP contribution in [0.15, 0.2) is 60.9 Å². The summed E-state index contributed by atoms with van der Waals surface area (Å²) in [6, 6.07) is 11.6. The Bertz CT molecular complexity index is 1580. The zero-order valence-electron chi connectivity index (χ0n) is 25.4. The Hall–Kier alpha value is -5.04. The number of esters is 4. The number of pyridine rings is 2. The van der Waals surface area contributed by atoms with Gasteiger partial charge in [0.25, 0.3) is 5.91 Å². The molecule has 1 amide bonds. The van der Waals surface area contributed by atoms with E-state index in [0.717, 1.165) is 5.56 Å². The summed E-state index contributed by atoms with van der Waals surface area (Å²) < 4.78 is 27.5. The molecule has 2 aromatic heterocycles. The molecule has 1 fully saturated rings. The van der Waals surface area contributed by atoms with Gasteiger partial charge in [-0.1, -0.05) is 55.8 Å². The van der Waals surface area contributed by atoms with E-state index in [2.05, 4.69) is 15.3 Å². The second-order valence-corrected chi connectivity index (χ2v) is 11.0. The number of cyclic esters (lactones) is 2. The topological polar surface area (TPSA) is 169 Å². The van der Waals surface area contributed by atoms with Gasteiger partial charge in [0.15, 0.2) is 23.6 Å². The molecule has 0 saturated carbocycles. The van der Waals surface area contributed by atoms with Crippen molar-refractivity contribution in [3.05, 3.63) is 82.9 Å². The maximum atomic E-state index is 13.5. The quantitative estimate of drug-likeness (QED) is 0.203. The van der Waals surface area contributed by atoms with Gasteiger partial charge in [-0.05, 0) is 31.0 Å². The number of amides is 1. The van der Waals surface area contributed by atoms with Crippen LogP contribution in [0.5, 0.6) is 11.5 Å². The Balaban J connectivity index is 1.59. The van der Waals surface area contributed by atoms with Gasteiger partial charge < -0.3 is 29.0 Å². The van der Waals surface area contributed by atoms with E-state index < -0.39 is 72.2 Å². The lowest BCUT2D eigenvalue weighted by atomic mass is 9.91. The minimum atomic E-state index is -1.51. The number of nitrogens with zero attached hydrogens (tertiary/aromatic N) is 2. The van der Waals surface area contributed by atoms with Gasteiger partial charge in [0, 0.05) is 18.5 Å². The molecule has 0 radical (unpaired) electrons. The fourth-order valence-electron chi connectivity index (χ4n) is 4.48. The molecule has 1 aliphatic heterocycles. The molecule has 1 aromatic carbocycles. The van der Waals surface area contributed by atoms with Crippen molar-refractivity contribution in [3.8, 4) is 11.5 Å². The van der Waals surface area contributed by atoms with Gasteiger partial charge in [-0.15, -0.1) is 0 Å². The summed E-state index contributed by atoms with van der Waals surface area (Å²) in [6.45, 7) is 4.14. The van der Waals surface area contributed by atoms with Crippen molar-refractivity contribution in [2.75, 3.05) is 13.7 Å². The van der Waals surface area contributed by atoms with E-state index in [4.69, 9.17) is 35.3 Å². The number of benzene rings is 1. The average Bonchev–Trinajstić information content (AvgIpc) is 3.07. The third-order valence-corrected chi connectivity index (χ3v) is 7.15. The molecule has 4 unspecified atom stereocenters. The van der Waals surface area contributed by atoms with Gasteiger partial charge in [-0.2, -0.15) is 0 Å². The zero-order valence-corrected chi connectivity index (χ0v) is 26.2. The molecule has 1 aliphatic rings. The van der Waals surface area contributed by atoms with Gasteiger partial charge in [-0.3, -0.25) is 14.4 Å². The maximum Gasteiger partial charge on any atom is 0.345 e. The number of carbonyl (C=O) groups is 5. The van der Waals surface area contributed by atoms with Gasteiger partial charge >= 0.3 is 23.9 Å². The highest BCUT2D eigenvalue weighted by atomic mass is 35.5. The second-order valence-electron chi connectivity index (χ2n) is 10.6. The third-order valence-electron chi connectivity index (χ3n) is 6.93. The van der Waals surface area contributed by atoms with Crippen LogP contribution in [0.3, 0.4) is 0 Å². The molecule has 46 heavy (non-hydrogen) atoms. The molecule has 1 saturated heterocycles. The predicted octanol–water partition coefficient (Wildman–Crippen LogP) is 3.37. The summed E-state index contributed by atoms with van der Waals surface area (Å²) in [6.07, 6.45) is 0.260. The lowest BCUT2D eigenvalue weighted by Crippen LogP contribution is -2.47. The standard InChI is InChI=1S/C32H32ClN3O10/c1-17(2)29(38)45-26-18(3)44-32(41)22(16-43-31(40)21(26)14-19-8-6-5-7-9-19)36-28(37)25-27(23(42-4)12-13-34-25)46-30(39)20-10-11-24(33)35-15-20/h5-13,15,17-18,21-22,26H,14,16H2,1-4H3,(H,36,37). The normalized spacial score (nSPS) is 19.9. The van der Waals surface area contributed by atoms with E-state index in [0.29, 0.717) is 0 Å². The number of nitrogens with one attached hydrogen (secondary N) is 1. The van der Waals surface area contributed by atoms with Crippen LogP contribution in [0.4, 0.5) is 0 Å².